The molecule has 0 aliphatic carbocycles. The molecule has 24 heavy (non-hydrogen) atoms. The Hall–Kier alpha value is -2.84. The number of aromatic carboxylic acids is 1. The Kier molecular flexibility index (Phi) is 3.47. The molecule has 5 nitrogen and oxygen atoms in total. The van der Waals surface area contributed by atoms with Gasteiger partial charge in [0.05, 0.1) is 29.3 Å². The number of ether oxygens (including phenoxy) is 1. The van der Waals surface area contributed by atoms with Crippen LogP contribution >= 0.6 is 0 Å². The molecule has 1 saturated heterocycles. The van der Waals surface area contributed by atoms with Crippen LogP contribution in [0.4, 0.5) is 5.69 Å². The molecule has 2 aromatic rings. The second-order valence-corrected chi connectivity index (χ2v) is 6.21. The van der Waals surface area contributed by atoms with E-state index in [4.69, 9.17) is 15.1 Å². The lowest BCUT2D eigenvalue weighted by Crippen LogP contribution is -2.29. The number of rotatable bonds is 2. The van der Waals surface area contributed by atoms with E-state index in [1.807, 2.05) is 24.3 Å². The molecule has 0 saturated carbocycles. The molecule has 5 heteroatoms. The summed E-state index contributed by atoms with van der Waals surface area (Å²) in [4.78, 5) is 11.0. The Morgan fingerprint density at radius 1 is 1.25 bits per heavy atom. The van der Waals surface area contributed by atoms with E-state index in [1.165, 1.54) is 0 Å². The summed E-state index contributed by atoms with van der Waals surface area (Å²) in [6.45, 7) is 0.691. The molecule has 1 fully saturated rings. The first kappa shape index (κ1) is 14.7. The van der Waals surface area contributed by atoms with Crippen LogP contribution < -0.4 is 5.32 Å². The minimum atomic E-state index is -0.922. The van der Waals surface area contributed by atoms with E-state index >= 15 is 0 Å². The van der Waals surface area contributed by atoms with E-state index in [0.717, 1.165) is 23.2 Å². The average molecular weight is 320 g/mol. The Balaban J connectivity index is 1.72. The SMILES string of the molecule is N#Cc1ccc2c(c1)C1OCCC1C(c1ccc(C(=O)O)cc1)N2. The van der Waals surface area contributed by atoms with Crippen LogP contribution in [0.2, 0.25) is 0 Å². The van der Waals surface area contributed by atoms with Crippen LogP contribution in [0.1, 0.15) is 45.6 Å². The second-order valence-electron chi connectivity index (χ2n) is 6.21. The van der Waals surface area contributed by atoms with Crippen LogP contribution in [0.3, 0.4) is 0 Å². The molecular weight excluding hydrogens is 304 g/mol. The van der Waals surface area contributed by atoms with Crippen LogP contribution in [0.5, 0.6) is 0 Å². The zero-order valence-electron chi connectivity index (χ0n) is 12.9. The zero-order chi connectivity index (χ0) is 16.7. The van der Waals surface area contributed by atoms with Gasteiger partial charge in [-0.15, -0.1) is 0 Å². The fraction of sp³-hybridized carbons (Fsp3) is 0.263. The number of hydrogen-bond donors (Lipinski definition) is 2. The monoisotopic (exact) mass is 320 g/mol. The first-order valence-electron chi connectivity index (χ1n) is 7.93. The number of benzene rings is 2. The topological polar surface area (TPSA) is 82.3 Å². The van der Waals surface area contributed by atoms with Crippen molar-refractivity contribution in [1.82, 2.24) is 0 Å². The lowest BCUT2D eigenvalue weighted by molar-refractivity contribution is 0.0696. The average Bonchev–Trinajstić information content (AvgIpc) is 3.10. The number of anilines is 1. The van der Waals surface area contributed by atoms with Gasteiger partial charge in [-0.05, 0) is 42.3 Å². The Labute approximate surface area is 139 Å². The normalized spacial score (nSPS) is 24.4. The number of nitriles is 1. The van der Waals surface area contributed by atoms with Gasteiger partial charge in [0.1, 0.15) is 0 Å². The van der Waals surface area contributed by atoms with Crippen LogP contribution in [0.25, 0.3) is 0 Å². The van der Waals surface area contributed by atoms with E-state index < -0.39 is 5.97 Å². The highest BCUT2D eigenvalue weighted by Gasteiger charge is 2.41. The second kappa shape index (κ2) is 5.66. The summed E-state index contributed by atoms with van der Waals surface area (Å²) in [6, 6.07) is 14.9. The van der Waals surface area contributed by atoms with Crippen LogP contribution in [-0.2, 0) is 4.74 Å². The van der Waals surface area contributed by atoms with Crippen molar-refractivity contribution in [2.75, 3.05) is 11.9 Å². The van der Waals surface area contributed by atoms with Crippen molar-refractivity contribution in [2.24, 2.45) is 5.92 Å². The van der Waals surface area contributed by atoms with Crippen molar-refractivity contribution >= 4 is 11.7 Å². The van der Waals surface area contributed by atoms with Gasteiger partial charge >= 0.3 is 5.97 Å². The lowest BCUT2D eigenvalue weighted by Gasteiger charge is -2.36. The maximum Gasteiger partial charge on any atom is 0.335 e. The molecule has 2 heterocycles. The fourth-order valence-corrected chi connectivity index (χ4v) is 3.71. The molecule has 0 amide bonds. The van der Waals surface area contributed by atoms with Crippen molar-refractivity contribution in [2.45, 2.75) is 18.6 Å². The number of hydrogen-bond acceptors (Lipinski definition) is 4. The first-order valence-corrected chi connectivity index (χ1v) is 7.93. The van der Waals surface area contributed by atoms with Gasteiger partial charge in [-0.25, -0.2) is 4.79 Å². The van der Waals surface area contributed by atoms with Crippen molar-refractivity contribution in [3.8, 4) is 6.07 Å². The van der Waals surface area contributed by atoms with E-state index in [-0.39, 0.29) is 23.6 Å². The number of nitrogens with one attached hydrogen (secondary N) is 1. The predicted molar refractivity (Wildman–Crippen MR) is 87.7 cm³/mol. The smallest absolute Gasteiger partial charge is 0.335 e. The van der Waals surface area contributed by atoms with Gasteiger partial charge in [-0.1, -0.05) is 12.1 Å². The maximum atomic E-state index is 11.0. The lowest BCUT2D eigenvalue weighted by atomic mass is 9.80. The van der Waals surface area contributed by atoms with E-state index in [1.54, 1.807) is 18.2 Å². The molecule has 0 spiro atoms. The van der Waals surface area contributed by atoms with Crippen molar-refractivity contribution < 1.29 is 14.6 Å². The molecule has 0 bridgehead atoms. The third-order valence-corrected chi connectivity index (χ3v) is 4.88. The third-order valence-electron chi connectivity index (χ3n) is 4.88. The molecule has 0 aromatic heterocycles. The van der Waals surface area contributed by atoms with E-state index in [0.29, 0.717) is 12.2 Å². The Bertz CT molecular complexity index is 839. The third kappa shape index (κ3) is 2.32. The molecule has 2 aliphatic rings. The van der Waals surface area contributed by atoms with Gasteiger partial charge in [0.25, 0.3) is 0 Å². The summed E-state index contributed by atoms with van der Waals surface area (Å²) < 4.78 is 5.95. The molecular formula is C19H16N2O3. The largest absolute Gasteiger partial charge is 0.478 e. The van der Waals surface area contributed by atoms with Gasteiger partial charge in [-0.3, -0.25) is 0 Å². The van der Waals surface area contributed by atoms with Crippen molar-refractivity contribution in [1.29, 1.82) is 5.26 Å². The van der Waals surface area contributed by atoms with Gasteiger partial charge in [0.15, 0.2) is 0 Å². The molecule has 3 atom stereocenters. The maximum absolute atomic E-state index is 11.0. The van der Waals surface area contributed by atoms with Crippen LogP contribution in [-0.4, -0.2) is 17.7 Å². The summed E-state index contributed by atoms with van der Waals surface area (Å²) >= 11 is 0. The van der Waals surface area contributed by atoms with Crippen molar-refractivity contribution in [3.63, 3.8) is 0 Å². The quantitative estimate of drug-likeness (QED) is 0.885. The summed E-state index contributed by atoms with van der Waals surface area (Å²) in [6.07, 6.45) is 0.901. The summed E-state index contributed by atoms with van der Waals surface area (Å²) in [5, 5.41) is 21.7. The minimum Gasteiger partial charge on any atom is -0.478 e. The summed E-state index contributed by atoms with van der Waals surface area (Å²) in [7, 11) is 0. The number of carboxylic acid groups (broad SMARTS) is 1. The first-order chi connectivity index (χ1) is 11.7. The molecule has 2 N–H and O–H groups in total. The van der Waals surface area contributed by atoms with Crippen molar-refractivity contribution in [3.05, 3.63) is 64.7 Å². The van der Waals surface area contributed by atoms with Crippen LogP contribution in [0.15, 0.2) is 42.5 Å². The standard InChI is InChI=1S/C19H16N2O3/c20-10-11-1-6-16-15(9-11)18-14(7-8-24-18)17(21-16)12-2-4-13(5-3-12)19(22)23/h1-6,9,14,17-18,21H,7-8H2,(H,22,23). The highest BCUT2D eigenvalue weighted by molar-refractivity contribution is 5.87. The molecule has 0 radical (unpaired) electrons. The number of fused-ring (bicyclic) bond motifs is 3. The van der Waals surface area contributed by atoms with Gasteiger partial charge in [0, 0.05) is 23.8 Å². The van der Waals surface area contributed by atoms with Crippen LogP contribution in [0, 0.1) is 17.2 Å². The predicted octanol–water partition coefficient (Wildman–Crippen LogP) is 3.50. The number of nitrogens with zero attached hydrogens (tertiary/aromatic N) is 1. The summed E-state index contributed by atoms with van der Waals surface area (Å²) in [5.74, 6) is -0.656. The highest BCUT2D eigenvalue weighted by Crippen LogP contribution is 2.49. The molecule has 2 aliphatic heterocycles. The number of carboxylic acids is 1. The Morgan fingerprint density at radius 3 is 2.75 bits per heavy atom. The van der Waals surface area contributed by atoms with Gasteiger partial charge in [-0.2, -0.15) is 5.26 Å². The molecule has 4 rings (SSSR count). The molecule has 120 valence electrons. The Morgan fingerprint density at radius 2 is 2.04 bits per heavy atom. The molecule has 3 unspecified atom stereocenters. The minimum absolute atomic E-state index is 0.0290. The fourth-order valence-electron chi connectivity index (χ4n) is 3.71. The molecule has 2 aromatic carbocycles. The highest BCUT2D eigenvalue weighted by atomic mass is 16.5. The number of carbonyl (C=O) groups is 1. The van der Waals surface area contributed by atoms with E-state index in [9.17, 15) is 4.79 Å². The van der Waals surface area contributed by atoms with Gasteiger partial charge in [0.2, 0.25) is 0 Å². The van der Waals surface area contributed by atoms with Gasteiger partial charge < -0.3 is 15.2 Å². The zero-order valence-corrected chi connectivity index (χ0v) is 12.9. The van der Waals surface area contributed by atoms with E-state index in [2.05, 4.69) is 11.4 Å². The summed E-state index contributed by atoms with van der Waals surface area (Å²) in [5.41, 5.74) is 3.98.